The van der Waals surface area contributed by atoms with Gasteiger partial charge in [-0.3, -0.25) is 18.6 Å². The van der Waals surface area contributed by atoms with Gasteiger partial charge in [0.25, 0.3) is 0 Å². The number of hydrogen-bond acceptors (Lipinski definition) is 10. The molecular formula is C45H78NO10P. The van der Waals surface area contributed by atoms with E-state index in [1.807, 2.05) is 19.0 Å². The van der Waals surface area contributed by atoms with Gasteiger partial charge in [0.15, 0.2) is 6.10 Å². The van der Waals surface area contributed by atoms with E-state index in [0.29, 0.717) is 19.4 Å². The molecule has 57 heavy (non-hydrogen) atoms. The first-order valence-corrected chi connectivity index (χ1v) is 23.7. The number of carbonyl (C=O) groups is 2. The molecule has 0 amide bonds. The van der Waals surface area contributed by atoms with Gasteiger partial charge in [-0.15, -0.1) is 0 Å². The number of aryl methyl sites for hydroxylation is 6. The summed E-state index contributed by atoms with van der Waals surface area (Å²) in [5.74, 6) is 3.62. The Morgan fingerprint density at radius 1 is 0.649 bits per heavy atom. The van der Waals surface area contributed by atoms with Crippen molar-refractivity contribution in [1.29, 1.82) is 0 Å². The average molecular weight is 824 g/mol. The minimum atomic E-state index is -4.38. The standard InChI is InChI=1S/C45H78NO10P/c1-7-25-39-33-37(3)42(54-39)27-21-17-13-9-11-15-19-23-29-44(47)51-35-41(36-53-57(49,50)52-32-31-46(5)6)56-45(48)30-24-20-16-12-10-14-18-22-28-43-38(4)34-40(55-43)26-8-2/h33-34,41H,7-32,35-36H2,1-6H3,(H,49,50)/t41-/m1/s1. The van der Waals surface area contributed by atoms with Crippen molar-refractivity contribution >= 4 is 19.8 Å². The number of phosphoric ester groups is 1. The lowest BCUT2D eigenvalue weighted by molar-refractivity contribution is -0.161. The van der Waals surface area contributed by atoms with Crippen molar-refractivity contribution in [3.8, 4) is 0 Å². The molecule has 0 aliphatic carbocycles. The van der Waals surface area contributed by atoms with E-state index < -0.39 is 32.5 Å². The van der Waals surface area contributed by atoms with E-state index in [1.54, 1.807) is 0 Å². The van der Waals surface area contributed by atoms with Crippen LogP contribution in [0.2, 0.25) is 0 Å². The third kappa shape index (κ3) is 24.9. The highest BCUT2D eigenvalue weighted by atomic mass is 31.2. The van der Waals surface area contributed by atoms with Gasteiger partial charge in [-0.05, 0) is 89.7 Å². The van der Waals surface area contributed by atoms with E-state index in [0.717, 1.165) is 113 Å². The Morgan fingerprint density at radius 2 is 1.09 bits per heavy atom. The average Bonchev–Trinajstić information content (AvgIpc) is 3.70. The van der Waals surface area contributed by atoms with Gasteiger partial charge < -0.3 is 28.1 Å². The van der Waals surface area contributed by atoms with Crippen LogP contribution < -0.4 is 0 Å². The Labute approximate surface area is 344 Å². The summed E-state index contributed by atoms with van der Waals surface area (Å²) in [4.78, 5) is 37.2. The molecule has 0 saturated heterocycles. The Balaban J connectivity index is 1.60. The highest BCUT2D eigenvalue weighted by molar-refractivity contribution is 7.47. The van der Waals surface area contributed by atoms with Crippen LogP contribution in [-0.2, 0) is 58.4 Å². The van der Waals surface area contributed by atoms with Gasteiger partial charge in [0.2, 0.25) is 0 Å². The van der Waals surface area contributed by atoms with Crippen molar-refractivity contribution in [3.05, 3.63) is 46.3 Å². The van der Waals surface area contributed by atoms with Gasteiger partial charge in [0.05, 0.1) is 13.2 Å². The molecule has 2 aromatic heterocycles. The maximum absolute atomic E-state index is 12.7. The highest BCUT2D eigenvalue weighted by Gasteiger charge is 2.26. The molecule has 0 spiro atoms. The van der Waals surface area contributed by atoms with Crippen LogP contribution in [0.15, 0.2) is 21.0 Å². The molecule has 1 unspecified atom stereocenters. The predicted octanol–water partition coefficient (Wildman–Crippen LogP) is 11.4. The number of rotatable bonds is 36. The number of phosphoric acid groups is 1. The van der Waals surface area contributed by atoms with Crippen molar-refractivity contribution in [1.82, 2.24) is 4.90 Å². The van der Waals surface area contributed by atoms with E-state index in [1.165, 1.54) is 49.7 Å². The lowest BCUT2D eigenvalue weighted by atomic mass is 10.1. The molecule has 0 radical (unpaired) electrons. The molecule has 0 fully saturated rings. The van der Waals surface area contributed by atoms with E-state index in [9.17, 15) is 19.0 Å². The van der Waals surface area contributed by atoms with Gasteiger partial charge >= 0.3 is 19.8 Å². The van der Waals surface area contributed by atoms with Crippen molar-refractivity contribution < 1.29 is 46.4 Å². The summed E-state index contributed by atoms with van der Waals surface area (Å²) in [6, 6.07) is 4.35. The molecular weight excluding hydrogens is 745 g/mol. The molecule has 0 aromatic carbocycles. The fourth-order valence-corrected chi connectivity index (χ4v) is 7.56. The third-order valence-electron chi connectivity index (χ3n) is 10.2. The van der Waals surface area contributed by atoms with Crippen LogP contribution in [0.3, 0.4) is 0 Å². The van der Waals surface area contributed by atoms with Crippen LogP contribution in [0.4, 0.5) is 0 Å². The molecule has 328 valence electrons. The summed E-state index contributed by atoms with van der Waals surface area (Å²) in [5.41, 5.74) is 2.53. The zero-order chi connectivity index (χ0) is 41.7. The van der Waals surface area contributed by atoms with Crippen molar-refractivity contribution in [2.24, 2.45) is 0 Å². The first kappa shape index (κ1) is 50.7. The lowest BCUT2D eigenvalue weighted by Gasteiger charge is -2.20. The molecule has 2 aromatic rings. The number of likely N-dealkylation sites (N-methyl/N-ethyl adjacent to an activating group) is 1. The van der Waals surface area contributed by atoms with Crippen LogP contribution in [0, 0.1) is 13.8 Å². The first-order chi connectivity index (χ1) is 27.4. The Kier molecular flexibility index (Phi) is 27.2. The molecule has 0 aliphatic rings. The quantitative estimate of drug-likeness (QED) is 0.0399. The van der Waals surface area contributed by atoms with Gasteiger partial charge in [0.1, 0.15) is 29.6 Å². The van der Waals surface area contributed by atoms with Crippen LogP contribution >= 0.6 is 7.82 Å². The van der Waals surface area contributed by atoms with E-state index in [4.69, 9.17) is 27.4 Å². The predicted molar refractivity (Wildman–Crippen MR) is 227 cm³/mol. The summed E-state index contributed by atoms with van der Waals surface area (Å²) in [6.45, 7) is 8.36. The second kappa shape index (κ2) is 30.6. The zero-order valence-electron chi connectivity index (χ0n) is 36.5. The molecule has 2 atom stereocenters. The fraction of sp³-hybridized carbons (Fsp3) is 0.778. The Morgan fingerprint density at radius 3 is 1.54 bits per heavy atom. The smallest absolute Gasteiger partial charge is 0.466 e. The number of furan rings is 2. The maximum Gasteiger partial charge on any atom is 0.472 e. The molecule has 2 heterocycles. The van der Waals surface area contributed by atoms with E-state index >= 15 is 0 Å². The SMILES string of the molecule is CCCc1cc(C)c(CCCCCCCCCCC(=O)OC[C@H](COP(=O)(O)OCCN(C)C)OC(=O)CCCCCCCCCCc2oc(CCC)cc2C)o1. The monoisotopic (exact) mass is 824 g/mol. The van der Waals surface area contributed by atoms with Crippen LogP contribution in [0.5, 0.6) is 0 Å². The van der Waals surface area contributed by atoms with Gasteiger partial charge in [0, 0.05) is 45.1 Å². The molecule has 0 bridgehead atoms. The lowest BCUT2D eigenvalue weighted by Crippen LogP contribution is -2.29. The number of carbonyl (C=O) groups excluding carboxylic acids is 2. The topological polar surface area (TPSA) is 138 Å². The van der Waals surface area contributed by atoms with Crippen molar-refractivity contribution in [3.63, 3.8) is 0 Å². The van der Waals surface area contributed by atoms with Crippen LogP contribution in [-0.4, -0.2) is 68.3 Å². The zero-order valence-corrected chi connectivity index (χ0v) is 37.4. The number of hydrogen-bond donors (Lipinski definition) is 1. The minimum absolute atomic E-state index is 0.00383. The van der Waals surface area contributed by atoms with Gasteiger partial charge in [-0.25, -0.2) is 4.57 Å². The summed E-state index contributed by atoms with van der Waals surface area (Å²) in [6.07, 6.45) is 22.6. The Bertz CT molecular complexity index is 1400. The highest BCUT2D eigenvalue weighted by Crippen LogP contribution is 2.43. The van der Waals surface area contributed by atoms with Crippen LogP contribution in [0.1, 0.15) is 176 Å². The number of ether oxygens (including phenoxy) is 2. The Hall–Kier alpha value is -2.43. The van der Waals surface area contributed by atoms with Gasteiger partial charge in [-0.2, -0.15) is 0 Å². The number of esters is 2. The summed E-state index contributed by atoms with van der Waals surface area (Å²) < 4.78 is 45.5. The van der Waals surface area contributed by atoms with E-state index in [-0.39, 0.29) is 26.1 Å². The van der Waals surface area contributed by atoms with E-state index in [2.05, 4.69) is 39.8 Å². The maximum atomic E-state index is 12.7. The molecule has 0 aliphatic heterocycles. The van der Waals surface area contributed by atoms with Crippen molar-refractivity contribution in [2.75, 3.05) is 40.5 Å². The minimum Gasteiger partial charge on any atom is -0.466 e. The molecule has 11 nitrogen and oxygen atoms in total. The largest absolute Gasteiger partial charge is 0.472 e. The van der Waals surface area contributed by atoms with Crippen molar-refractivity contribution in [2.45, 2.75) is 188 Å². The molecule has 12 heteroatoms. The summed E-state index contributed by atoms with van der Waals surface area (Å²) >= 11 is 0. The normalized spacial score (nSPS) is 13.3. The second-order valence-electron chi connectivity index (χ2n) is 16.0. The van der Waals surface area contributed by atoms with Gasteiger partial charge in [-0.1, -0.05) is 90.9 Å². The molecule has 2 rings (SSSR count). The first-order valence-electron chi connectivity index (χ1n) is 22.2. The molecule has 0 saturated carbocycles. The second-order valence-corrected chi connectivity index (χ2v) is 17.4. The number of nitrogens with zero attached hydrogens (tertiary/aromatic N) is 1. The van der Waals surface area contributed by atoms with Crippen LogP contribution in [0.25, 0.3) is 0 Å². The number of unbranched alkanes of at least 4 members (excludes halogenated alkanes) is 14. The third-order valence-corrected chi connectivity index (χ3v) is 11.1. The summed E-state index contributed by atoms with van der Waals surface area (Å²) in [5, 5.41) is 0. The summed E-state index contributed by atoms with van der Waals surface area (Å²) in [7, 11) is -0.742. The molecule has 1 N–H and O–H groups in total. The fourth-order valence-electron chi connectivity index (χ4n) is 6.82.